The number of ether oxygens (including phenoxy) is 2. The lowest BCUT2D eigenvalue weighted by Gasteiger charge is -2.28. The van der Waals surface area contributed by atoms with Crippen LogP contribution in [-0.4, -0.2) is 70.0 Å². The third kappa shape index (κ3) is 46.5. The topological polar surface area (TPSA) is 111 Å². The maximum absolute atomic E-state index is 12.7. The molecule has 0 amide bonds. The molecule has 61 heavy (non-hydrogen) atoms. The van der Waals surface area contributed by atoms with Gasteiger partial charge >= 0.3 is 11.9 Å². The molecular weight excluding hydrogens is 786 g/mol. The highest BCUT2D eigenvalue weighted by Gasteiger charge is 2.21. The molecule has 0 fully saturated rings. The fourth-order valence-corrected chi connectivity index (χ4v) is 6.68. The normalized spacial score (nSPS) is 14.3. The molecule has 0 rings (SSSR count). The molecule has 0 bridgehead atoms. The second kappa shape index (κ2) is 42.5. The van der Waals surface area contributed by atoms with E-state index in [1.807, 2.05) is 21.1 Å². The fourth-order valence-electron chi connectivity index (χ4n) is 5.95. The molecule has 0 aromatic carbocycles. The molecule has 0 heterocycles. The van der Waals surface area contributed by atoms with Crippen LogP contribution in [0.3, 0.4) is 0 Å². The highest BCUT2D eigenvalue weighted by molar-refractivity contribution is 7.45. The number of rotatable bonds is 42. The van der Waals surface area contributed by atoms with E-state index in [2.05, 4.69) is 98.9 Å². The van der Waals surface area contributed by atoms with E-state index in [1.54, 1.807) is 0 Å². The van der Waals surface area contributed by atoms with Crippen molar-refractivity contribution in [1.29, 1.82) is 0 Å². The Morgan fingerprint density at radius 2 is 0.934 bits per heavy atom. The minimum Gasteiger partial charge on any atom is -0.756 e. The van der Waals surface area contributed by atoms with E-state index in [9.17, 15) is 19.0 Å². The van der Waals surface area contributed by atoms with Gasteiger partial charge < -0.3 is 27.9 Å². The van der Waals surface area contributed by atoms with E-state index in [-0.39, 0.29) is 26.1 Å². The second-order valence-electron chi connectivity index (χ2n) is 16.7. The molecule has 0 N–H and O–H groups in total. The third-order valence-electron chi connectivity index (χ3n) is 9.63. The Morgan fingerprint density at radius 3 is 1.41 bits per heavy atom. The van der Waals surface area contributed by atoms with Gasteiger partial charge in [-0.2, -0.15) is 0 Å². The van der Waals surface area contributed by atoms with Crippen LogP contribution in [0.2, 0.25) is 0 Å². The summed E-state index contributed by atoms with van der Waals surface area (Å²) < 4.78 is 33.9. The zero-order valence-corrected chi connectivity index (χ0v) is 40.2. The molecule has 10 heteroatoms. The quantitative estimate of drug-likeness (QED) is 0.0196. The molecule has 0 radical (unpaired) electrons. The summed E-state index contributed by atoms with van der Waals surface area (Å²) in [4.78, 5) is 37.5. The second-order valence-corrected chi connectivity index (χ2v) is 18.1. The molecule has 0 saturated heterocycles. The zero-order valence-electron chi connectivity index (χ0n) is 39.3. The van der Waals surface area contributed by atoms with Gasteiger partial charge in [0.25, 0.3) is 7.82 Å². The molecule has 9 nitrogen and oxygen atoms in total. The summed E-state index contributed by atoms with van der Waals surface area (Å²) in [6.07, 6.45) is 54.8. The first-order valence-electron chi connectivity index (χ1n) is 23.8. The van der Waals surface area contributed by atoms with E-state index >= 15 is 0 Å². The number of carbonyl (C=O) groups excluding carboxylic acids is 2. The first-order valence-corrected chi connectivity index (χ1v) is 25.3. The number of carbonyl (C=O) groups is 2. The lowest BCUT2D eigenvalue weighted by Crippen LogP contribution is -2.37. The largest absolute Gasteiger partial charge is 0.756 e. The maximum Gasteiger partial charge on any atom is 0.306 e. The minimum atomic E-state index is -4.63. The van der Waals surface area contributed by atoms with Crippen LogP contribution in [0.4, 0.5) is 0 Å². The summed E-state index contributed by atoms with van der Waals surface area (Å²) in [6, 6.07) is 0. The van der Waals surface area contributed by atoms with Crippen LogP contribution in [-0.2, 0) is 32.7 Å². The highest BCUT2D eigenvalue weighted by Crippen LogP contribution is 2.38. The van der Waals surface area contributed by atoms with Crippen molar-refractivity contribution in [2.75, 3.05) is 47.5 Å². The molecule has 2 atom stereocenters. The highest BCUT2D eigenvalue weighted by atomic mass is 31.2. The Hall–Kier alpha value is -2.81. The Bertz CT molecular complexity index is 1310. The molecule has 0 spiro atoms. The van der Waals surface area contributed by atoms with Crippen LogP contribution < -0.4 is 4.89 Å². The Morgan fingerprint density at radius 1 is 0.525 bits per heavy atom. The summed E-state index contributed by atoms with van der Waals surface area (Å²) in [6.45, 7) is 4.01. The monoisotopic (exact) mass is 874 g/mol. The Kier molecular flexibility index (Phi) is 40.5. The summed E-state index contributed by atoms with van der Waals surface area (Å²) in [5.74, 6) is -0.864. The maximum atomic E-state index is 12.7. The smallest absolute Gasteiger partial charge is 0.306 e. The Balaban J connectivity index is 4.23. The van der Waals surface area contributed by atoms with Gasteiger partial charge in [-0.25, -0.2) is 0 Å². The zero-order chi connectivity index (χ0) is 45.0. The van der Waals surface area contributed by atoms with E-state index in [4.69, 9.17) is 18.5 Å². The molecule has 2 unspecified atom stereocenters. The van der Waals surface area contributed by atoms with Gasteiger partial charge in [-0.1, -0.05) is 163 Å². The number of allylic oxidation sites excluding steroid dienone is 14. The number of phosphoric ester groups is 1. The fraction of sp³-hybridized carbons (Fsp3) is 0.686. The number of hydrogen-bond donors (Lipinski definition) is 0. The first-order chi connectivity index (χ1) is 29.5. The molecule has 0 aromatic heterocycles. The summed E-state index contributed by atoms with van der Waals surface area (Å²) in [5.41, 5.74) is 0. The Labute approximate surface area is 373 Å². The van der Waals surface area contributed by atoms with Crippen LogP contribution in [0.1, 0.15) is 174 Å². The molecule has 0 aliphatic rings. The van der Waals surface area contributed by atoms with Crippen molar-refractivity contribution in [1.82, 2.24) is 0 Å². The summed E-state index contributed by atoms with van der Waals surface area (Å²) >= 11 is 0. The lowest BCUT2D eigenvalue weighted by atomic mass is 10.1. The average Bonchev–Trinajstić information content (AvgIpc) is 3.21. The van der Waals surface area contributed by atoms with Gasteiger partial charge in [0.1, 0.15) is 19.8 Å². The van der Waals surface area contributed by atoms with Crippen LogP contribution in [0.5, 0.6) is 0 Å². The van der Waals surface area contributed by atoms with Gasteiger partial charge in [-0.15, -0.1) is 0 Å². The third-order valence-corrected chi connectivity index (χ3v) is 10.6. The standard InChI is InChI=1S/C51H88NO8P/c1-6-8-10-12-14-16-18-19-20-21-22-23-24-25-26-27-28-29-30-31-32-33-34-36-38-40-42-44-51(54)60-49(48-59-61(55,56)58-46-45-52(3,4)5)47-57-50(53)43-41-39-37-35-17-15-13-11-9-7-2/h8,10-11,13-14,16,19-20,22-23,25-26,28-29,49H,6-7,9,12,15,17-18,21,24,27,30-48H2,1-5H3/b10-8-,13-11-,16-14-,20-19-,23-22-,26-25-,29-28-. The molecular formula is C51H88NO8P. The van der Waals surface area contributed by atoms with Gasteiger partial charge in [0.05, 0.1) is 27.7 Å². The van der Waals surface area contributed by atoms with E-state index in [0.717, 1.165) is 103 Å². The van der Waals surface area contributed by atoms with E-state index < -0.39 is 32.5 Å². The lowest BCUT2D eigenvalue weighted by molar-refractivity contribution is -0.870. The summed E-state index contributed by atoms with van der Waals surface area (Å²) in [5, 5.41) is 0. The van der Waals surface area contributed by atoms with Crippen molar-refractivity contribution >= 4 is 19.8 Å². The van der Waals surface area contributed by atoms with Crippen LogP contribution in [0.25, 0.3) is 0 Å². The number of esters is 2. The van der Waals surface area contributed by atoms with E-state index in [0.29, 0.717) is 23.9 Å². The number of unbranched alkanes of at least 4 members (excludes halogenated alkanes) is 14. The van der Waals surface area contributed by atoms with Gasteiger partial charge in [0.15, 0.2) is 6.10 Å². The van der Waals surface area contributed by atoms with Gasteiger partial charge in [-0.05, 0) is 83.5 Å². The van der Waals surface area contributed by atoms with Gasteiger partial charge in [0, 0.05) is 12.8 Å². The van der Waals surface area contributed by atoms with Gasteiger partial charge in [-0.3, -0.25) is 14.2 Å². The SMILES string of the molecule is CC/C=C\C/C=C\C/C=C\C/C=C\C/C=C\C/C=C\CCCCCCCCCCC(=O)OC(COC(=O)CCCCCCC/C=C\CCC)COP(=O)([O-])OCC[N+](C)(C)C. The molecule has 0 saturated carbocycles. The number of nitrogens with zero attached hydrogens (tertiary/aromatic N) is 1. The predicted molar refractivity (Wildman–Crippen MR) is 254 cm³/mol. The van der Waals surface area contributed by atoms with E-state index in [1.165, 1.54) is 32.1 Å². The van der Waals surface area contributed by atoms with Crippen LogP contribution >= 0.6 is 7.82 Å². The van der Waals surface area contributed by atoms with Crippen molar-refractivity contribution in [2.45, 2.75) is 180 Å². The van der Waals surface area contributed by atoms with Crippen molar-refractivity contribution in [3.05, 3.63) is 85.1 Å². The van der Waals surface area contributed by atoms with Gasteiger partial charge in [0.2, 0.25) is 0 Å². The first kappa shape index (κ1) is 58.2. The van der Waals surface area contributed by atoms with Crippen molar-refractivity contribution < 1.29 is 42.1 Å². The minimum absolute atomic E-state index is 0.0381. The van der Waals surface area contributed by atoms with Crippen LogP contribution in [0.15, 0.2) is 85.1 Å². The van der Waals surface area contributed by atoms with Crippen molar-refractivity contribution in [3.63, 3.8) is 0 Å². The number of quaternary nitrogens is 1. The summed E-state index contributed by atoms with van der Waals surface area (Å²) in [7, 11) is 1.14. The van der Waals surface area contributed by atoms with Crippen molar-refractivity contribution in [2.24, 2.45) is 0 Å². The molecule has 350 valence electrons. The molecule has 0 aromatic rings. The number of likely N-dealkylation sites (N-methyl/N-ethyl adjacent to an activating group) is 1. The predicted octanol–water partition coefficient (Wildman–Crippen LogP) is 13.3. The molecule has 0 aliphatic heterocycles. The molecule has 0 aliphatic carbocycles. The van der Waals surface area contributed by atoms with Crippen molar-refractivity contribution in [3.8, 4) is 0 Å². The number of hydrogen-bond acceptors (Lipinski definition) is 8. The number of phosphoric acid groups is 1. The average molecular weight is 874 g/mol. The van der Waals surface area contributed by atoms with Crippen LogP contribution in [0, 0.1) is 0 Å².